The Balaban J connectivity index is 1.31. The number of para-hydroxylation sites is 2. The molecule has 1 unspecified atom stereocenters. The fraction of sp³-hybridized carbons (Fsp3) is 0.500. The van der Waals surface area contributed by atoms with Gasteiger partial charge in [0.25, 0.3) is 0 Å². The van der Waals surface area contributed by atoms with Crippen LogP contribution in [-0.2, 0) is 12.8 Å². The molecule has 26 heavy (non-hydrogen) atoms. The second-order valence-corrected chi connectivity index (χ2v) is 7.64. The molecule has 4 heteroatoms. The molecule has 0 spiro atoms. The van der Waals surface area contributed by atoms with Crippen LogP contribution in [0.3, 0.4) is 0 Å². The van der Waals surface area contributed by atoms with Crippen LogP contribution in [0.25, 0.3) is 0 Å². The summed E-state index contributed by atoms with van der Waals surface area (Å²) in [5.74, 6) is 2.38. The quantitative estimate of drug-likeness (QED) is 0.821. The first kappa shape index (κ1) is 17.3. The summed E-state index contributed by atoms with van der Waals surface area (Å²) < 4.78 is 11.7. The number of pyridine rings is 1. The first-order valence-electron chi connectivity index (χ1n) is 9.69. The number of hydrogen-bond donors (Lipinski definition) is 0. The first-order valence-corrected chi connectivity index (χ1v) is 9.69. The maximum absolute atomic E-state index is 6.26. The summed E-state index contributed by atoms with van der Waals surface area (Å²) in [6.07, 6.45) is 6.62. The molecular formula is C22H28N2O2. The smallest absolute Gasteiger partial charge is 0.161 e. The van der Waals surface area contributed by atoms with Gasteiger partial charge in [-0.1, -0.05) is 18.2 Å². The Morgan fingerprint density at radius 3 is 2.73 bits per heavy atom. The highest BCUT2D eigenvalue weighted by atomic mass is 16.5. The standard InChI is InChI=1S/C22H28N2O2/c1-16-12-19(26-22-8-4-3-7-21(22)25-2)9-11-24(16)15-17-13-18-6-5-10-23-20(18)14-17/h3-8,10,16-17,19H,9,11-15H2,1-2H3/t16-,17?,19-/m0/s1. The second-order valence-electron chi connectivity index (χ2n) is 7.64. The Labute approximate surface area is 156 Å². The summed E-state index contributed by atoms with van der Waals surface area (Å²) in [5, 5.41) is 0. The monoisotopic (exact) mass is 352 g/mol. The van der Waals surface area contributed by atoms with E-state index in [1.807, 2.05) is 30.5 Å². The van der Waals surface area contributed by atoms with Crippen molar-refractivity contribution < 1.29 is 9.47 Å². The van der Waals surface area contributed by atoms with Gasteiger partial charge >= 0.3 is 0 Å². The van der Waals surface area contributed by atoms with Crippen LogP contribution >= 0.6 is 0 Å². The van der Waals surface area contributed by atoms with Gasteiger partial charge < -0.3 is 14.4 Å². The second kappa shape index (κ2) is 7.67. The molecule has 1 aromatic carbocycles. The number of likely N-dealkylation sites (tertiary alicyclic amines) is 1. The van der Waals surface area contributed by atoms with Gasteiger partial charge in [0.2, 0.25) is 0 Å². The summed E-state index contributed by atoms with van der Waals surface area (Å²) in [7, 11) is 1.70. The maximum atomic E-state index is 6.26. The van der Waals surface area contributed by atoms with Crippen molar-refractivity contribution in [2.45, 2.75) is 44.8 Å². The van der Waals surface area contributed by atoms with E-state index in [-0.39, 0.29) is 6.10 Å². The number of ether oxygens (including phenoxy) is 2. The summed E-state index contributed by atoms with van der Waals surface area (Å²) in [4.78, 5) is 7.18. The van der Waals surface area contributed by atoms with Crippen molar-refractivity contribution in [1.82, 2.24) is 9.88 Å². The number of hydrogen-bond acceptors (Lipinski definition) is 4. The van der Waals surface area contributed by atoms with E-state index in [0.717, 1.165) is 37.3 Å². The summed E-state index contributed by atoms with van der Waals surface area (Å²) >= 11 is 0. The molecule has 138 valence electrons. The number of fused-ring (bicyclic) bond motifs is 1. The van der Waals surface area contributed by atoms with Crippen molar-refractivity contribution in [1.29, 1.82) is 0 Å². The van der Waals surface area contributed by atoms with Crippen LogP contribution in [0, 0.1) is 5.92 Å². The number of piperidine rings is 1. The van der Waals surface area contributed by atoms with E-state index in [1.165, 1.54) is 24.2 Å². The van der Waals surface area contributed by atoms with Gasteiger partial charge in [-0.25, -0.2) is 0 Å². The molecule has 2 aliphatic rings. The van der Waals surface area contributed by atoms with Gasteiger partial charge in [-0.2, -0.15) is 0 Å². The minimum Gasteiger partial charge on any atom is -0.493 e. The molecule has 2 heterocycles. The predicted molar refractivity (Wildman–Crippen MR) is 103 cm³/mol. The molecule has 1 fully saturated rings. The van der Waals surface area contributed by atoms with E-state index in [0.29, 0.717) is 12.0 Å². The Kier molecular flexibility index (Phi) is 5.11. The Bertz CT molecular complexity index is 723. The lowest BCUT2D eigenvalue weighted by Gasteiger charge is -2.39. The molecule has 1 aliphatic carbocycles. The number of aromatic nitrogens is 1. The van der Waals surface area contributed by atoms with E-state index in [2.05, 4.69) is 28.9 Å². The predicted octanol–water partition coefficient (Wildman–Crippen LogP) is 3.74. The van der Waals surface area contributed by atoms with E-state index < -0.39 is 0 Å². The third kappa shape index (κ3) is 3.70. The largest absolute Gasteiger partial charge is 0.493 e. The molecular weight excluding hydrogens is 324 g/mol. The third-order valence-electron chi connectivity index (χ3n) is 5.80. The molecule has 0 saturated carbocycles. The lowest BCUT2D eigenvalue weighted by atomic mass is 9.97. The average molecular weight is 352 g/mol. The van der Waals surface area contributed by atoms with Crippen molar-refractivity contribution in [3.63, 3.8) is 0 Å². The molecule has 0 bridgehead atoms. The fourth-order valence-corrected chi connectivity index (χ4v) is 4.41. The van der Waals surface area contributed by atoms with Gasteiger partial charge in [-0.3, -0.25) is 4.98 Å². The molecule has 0 N–H and O–H groups in total. The molecule has 1 aliphatic heterocycles. The average Bonchev–Trinajstić information content (AvgIpc) is 3.07. The fourth-order valence-electron chi connectivity index (χ4n) is 4.41. The SMILES string of the molecule is COc1ccccc1O[C@H]1CCN(CC2Cc3cccnc3C2)[C@@H](C)C1. The van der Waals surface area contributed by atoms with Crippen molar-refractivity contribution >= 4 is 0 Å². The van der Waals surface area contributed by atoms with Crippen LogP contribution in [-0.4, -0.2) is 42.2 Å². The number of nitrogens with zero attached hydrogens (tertiary/aromatic N) is 2. The number of rotatable bonds is 5. The van der Waals surface area contributed by atoms with Crippen LogP contribution in [0.15, 0.2) is 42.6 Å². The topological polar surface area (TPSA) is 34.6 Å². The zero-order valence-corrected chi connectivity index (χ0v) is 15.7. The van der Waals surface area contributed by atoms with E-state index in [9.17, 15) is 0 Å². The summed E-state index contributed by atoms with van der Waals surface area (Å²) in [6.45, 7) is 4.60. The van der Waals surface area contributed by atoms with E-state index in [4.69, 9.17) is 9.47 Å². The molecule has 0 amide bonds. The maximum Gasteiger partial charge on any atom is 0.161 e. The van der Waals surface area contributed by atoms with Gasteiger partial charge in [-0.05, 0) is 62.3 Å². The van der Waals surface area contributed by atoms with Crippen LogP contribution in [0.4, 0.5) is 0 Å². The van der Waals surface area contributed by atoms with Crippen LogP contribution < -0.4 is 9.47 Å². The Morgan fingerprint density at radius 1 is 1.12 bits per heavy atom. The van der Waals surface area contributed by atoms with E-state index in [1.54, 1.807) is 7.11 Å². The van der Waals surface area contributed by atoms with Crippen LogP contribution in [0.1, 0.15) is 31.0 Å². The molecule has 2 aromatic rings. The third-order valence-corrected chi connectivity index (χ3v) is 5.80. The number of methoxy groups -OCH3 is 1. The summed E-state index contributed by atoms with van der Waals surface area (Å²) in [5.41, 5.74) is 2.75. The van der Waals surface area contributed by atoms with Crippen molar-refractivity contribution in [2.24, 2.45) is 5.92 Å². The van der Waals surface area contributed by atoms with Crippen molar-refractivity contribution in [3.8, 4) is 11.5 Å². The van der Waals surface area contributed by atoms with E-state index >= 15 is 0 Å². The molecule has 3 atom stereocenters. The normalized spacial score (nSPS) is 25.7. The first-order chi connectivity index (χ1) is 12.7. The summed E-state index contributed by atoms with van der Waals surface area (Å²) in [6, 6.07) is 12.8. The molecule has 1 saturated heterocycles. The number of benzene rings is 1. The lowest BCUT2D eigenvalue weighted by Crippen LogP contribution is -2.46. The lowest BCUT2D eigenvalue weighted by molar-refractivity contribution is 0.0527. The minimum absolute atomic E-state index is 0.264. The van der Waals surface area contributed by atoms with Gasteiger partial charge in [-0.15, -0.1) is 0 Å². The van der Waals surface area contributed by atoms with Crippen LogP contribution in [0.5, 0.6) is 11.5 Å². The Hall–Kier alpha value is -2.07. The molecule has 1 aromatic heterocycles. The highest BCUT2D eigenvalue weighted by Gasteiger charge is 2.31. The minimum atomic E-state index is 0.264. The van der Waals surface area contributed by atoms with Gasteiger partial charge in [0, 0.05) is 31.0 Å². The zero-order valence-electron chi connectivity index (χ0n) is 15.7. The van der Waals surface area contributed by atoms with Crippen molar-refractivity contribution in [3.05, 3.63) is 53.9 Å². The van der Waals surface area contributed by atoms with Gasteiger partial charge in [0.05, 0.1) is 7.11 Å². The van der Waals surface area contributed by atoms with Gasteiger partial charge in [0.15, 0.2) is 11.5 Å². The highest BCUT2D eigenvalue weighted by molar-refractivity contribution is 5.39. The molecule has 4 rings (SSSR count). The highest BCUT2D eigenvalue weighted by Crippen LogP contribution is 2.31. The molecule has 4 nitrogen and oxygen atoms in total. The Morgan fingerprint density at radius 2 is 1.96 bits per heavy atom. The van der Waals surface area contributed by atoms with Crippen molar-refractivity contribution in [2.75, 3.05) is 20.2 Å². The van der Waals surface area contributed by atoms with Crippen LogP contribution in [0.2, 0.25) is 0 Å². The zero-order chi connectivity index (χ0) is 17.9. The molecule has 0 radical (unpaired) electrons. The van der Waals surface area contributed by atoms with Gasteiger partial charge in [0.1, 0.15) is 6.10 Å².